The van der Waals surface area contributed by atoms with Gasteiger partial charge in [0.15, 0.2) is 0 Å². The zero-order valence-corrected chi connectivity index (χ0v) is 14.4. The summed E-state index contributed by atoms with van der Waals surface area (Å²) < 4.78 is 12.6. The number of carbonyl (C=O) groups excluding carboxylic acids is 1. The summed E-state index contributed by atoms with van der Waals surface area (Å²) in [4.78, 5) is 11.8. The lowest BCUT2D eigenvalue weighted by Crippen LogP contribution is -2.41. The third-order valence-electron chi connectivity index (χ3n) is 4.63. The first-order chi connectivity index (χ1) is 12.1. The Bertz CT molecular complexity index is 691. The number of aromatic nitrogens is 2. The second kappa shape index (κ2) is 7.70. The first-order valence-corrected chi connectivity index (χ1v) is 8.71. The molecule has 25 heavy (non-hydrogen) atoms. The topological polar surface area (TPSA) is 73.6 Å². The molecule has 3 rings (SSSR count). The van der Waals surface area contributed by atoms with E-state index in [-0.39, 0.29) is 18.5 Å². The fraction of sp³-hybridized carbons (Fsp3) is 0.474. The smallest absolute Gasteiger partial charge is 0.308 e. The molecular formula is C19H24N2O4. The highest BCUT2D eigenvalue weighted by molar-refractivity contribution is 5.72. The fourth-order valence-electron chi connectivity index (χ4n) is 3.15. The minimum Gasteiger partial charge on any atom is -0.491 e. The summed E-state index contributed by atoms with van der Waals surface area (Å²) in [6, 6.07) is 9.45. The Morgan fingerprint density at radius 2 is 2.16 bits per heavy atom. The van der Waals surface area contributed by atoms with Gasteiger partial charge in [-0.1, -0.05) is 6.07 Å². The van der Waals surface area contributed by atoms with Crippen molar-refractivity contribution in [2.75, 3.05) is 13.2 Å². The van der Waals surface area contributed by atoms with E-state index in [1.807, 2.05) is 43.5 Å². The van der Waals surface area contributed by atoms with E-state index in [0.29, 0.717) is 38.0 Å². The number of benzene rings is 1. The van der Waals surface area contributed by atoms with Gasteiger partial charge in [-0.3, -0.25) is 4.79 Å². The molecule has 0 bridgehead atoms. The first-order valence-electron chi connectivity index (χ1n) is 8.71. The number of hydrogen-bond donors (Lipinski definition) is 1. The highest BCUT2D eigenvalue weighted by atomic mass is 16.5. The van der Waals surface area contributed by atoms with Crippen molar-refractivity contribution in [2.24, 2.45) is 5.92 Å². The van der Waals surface area contributed by atoms with E-state index in [9.17, 15) is 9.90 Å². The van der Waals surface area contributed by atoms with Crippen LogP contribution in [0.15, 0.2) is 42.7 Å². The third-order valence-corrected chi connectivity index (χ3v) is 4.63. The summed E-state index contributed by atoms with van der Waals surface area (Å²) in [6.45, 7) is 2.42. The van der Waals surface area contributed by atoms with Gasteiger partial charge in [-0.25, -0.2) is 4.68 Å². The molecule has 6 nitrogen and oxygen atoms in total. The molecule has 0 atom stereocenters. The molecule has 134 valence electrons. The Morgan fingerprint density at radius 1 is 1.36 bits per heavy atom. The Hall–Kier alpha value is -2.34. The maximum absolute atomic E-state index is 11.8. The molecule has 6 heteroatoms. The number of aliphatic hydroxyl groups is 1. The van der Waals surface area contributed by atoms with Gasteiger partial charge in [-0.05, 0) is 50.8 Å². The highest BCUT2D eigenvalue weighted by Gasteiger charge is 2.37. The van der Waals surface area contributed by atoms with Gasteiger partial charge in [0, 0.05) is 18.5 Å². The van der Waals surface area contributed by atoms with Crippen LogP contribution < -0.4 is 4.74 Å². The molecule has 1 aromatic carbocycles. The van der Waals surface area contributed by atoms with Crippen LogP contribution in [0.25, 0.3) is 5.69 Å². The summed E-state index contributed by atoms with van der Waals surface area (Å²) in [5.41, 5.74) is 0.00513. The molecule has 0 saturated heterocycles. The van der Waals surface area contributed by atoms with Gasteiger partial charge in [0.1, 0.15) is 12.4 Å². The highest BCUT2D eigenvalue weighted by Crippen LogP contribution is 2.33. The summed E-state index contributed by atoms with van der Waals surface area (Å²) in [6.07, 6.45) is 5.92. The van der Waals surface area contributed by atoms with E-state index in [1.165, 1.54) is 0 Å². The van der Waals surface area contributed by atoms with E-state index >= 15 is 0 Å². The van der Waals surface area contributed by atoms with Crippen molar-refractivity contribution in [2.45, 2.75) is 38.2 Å². The van der Waals surface area contributed by atoms with Crippen LogP contribution >= 0.6 is 0 Å². The monoisotopic (exact) mass is 344 g/mol. The van der Waals surface area contributed by atoms with Crippen molar-refractivity contribution in [1.82, 2.24) is 9.78 Å². The van der Waals surface area contributed by atoms with Gasteiger partial charge >= 0.3 is 5.97 Å². The summed E-state index contributed by atoms with van der Waals surface area (Å²) in [5.74, 6) is 0.426. The SMILES string of the molecule is CCOC(=O)C1CCC(O)(COc2cccc(-n3cccn3)c2)CC1. The number of esters is 1. The molecule has 1 aliphatic rings. The molecule has 2 aromatic rings. The molecule has 1 heterocycles. The predicted octanol–water partition coefficient (Wildman–Crippen LogP) is 2.74. The Morgan fingerprint density at radius 3 is 2.84 bits per heavy atom. The second-order valence-corrected chi connectivity index (χ2v) is 6.49. The van der Waals surface area contributed by atoms with Crippen LogP contribution in [-0.4, -0.2) is 39.7 Å². The van der Waals surface area contributed by atoms with Gasteiger partial charge in [0.2, 0.25) is 0 Å². The van der Waals surface area contributed by atoms with Crippen LogP contribution in [0.1, 0.15) is 32.6 Å². The summed E-state index contributed by atoms with van der Waals surface area (Å²) >= 11 is 0. The third kappa shape index (κ3) is 4.39. The predicted molar refractivity (Wildman–Crippen MR) is 92.6 cm³/mol. The van der Waals surface area contributed by atoms with Crippen LogP contribution in [-0.2, 0) is 9.53 Å². The maximum Gasteiger partial charge on any atom is 0.308 e. The van der Waals surface area contributed by atoms with E-state index in [1.54, 1.807) is 10.9 Å². The quantitative estimate of drug-likeness (QED) is 0.816. The minimum absolute atomic E-state index is 0.108. The molecule has 1 aromatic heterocycles. The molecule has 1 aliphatic carbocycles. The number of hydrogen-bond acceptors (Lipinski definition) is 5. The van der Waals surface area contributed by atoms with E-state index in [2.05, 4.69) is 5.10 Å². The zero-order valence-electron chi connectivity index (χ0n) is 14.4. The minimum atomic E-state index is -0.898. The molecule has 0 amide bonds. The molecule has 1 saturated carbocycles. The number of carbonyl (C=O) groups is 1. The van der Waals surface area contributed by atoms with Crippen molar-refractivity contribution >= 4 is 5.97 Å². The maximum atomic E-state index is 11.8. The lowest BCUT2D eigenvalue weighted by Gasteiger charge is -2.34. The molecule has 0 aliphatic heterocycles. The van der Waals surface area contributed by atoms with Gasteiger partial charge in [-0.15, -0.1) is 0 Å². The van der Waals surface area contributed by atoms with Gasteiger partial charge in [0.25, 0.3) is 0 Å². The van der Waals surface area contributed by atoms with Gasteiger partial charge < -0.3 is 14.6 Å². The van der Waals surface area contributed by atoms with Crippen LogP contribution in [0.4, 0.5) is 0 Å². The zero-order chi connectivity index (χ0) is 17.7. The Balaban J connectivity index is 1.55. The van der Waals surface area contributed by atoms with Crippen LogP contribution in [0, 0.1) is 5.92 Å². The lowest BCUT2D eigenvalue weighted by atomic mass is 9.79. The molecule has 0 radical (unpaired) electrons. The number of nitrogens with zero attached hydrogens (tertiary/aromatic N) is 2. The van der Waals surface area contributed by atoms with Crippen molar-refractivity contribution in [1.29, 1.82) is 0 Å². The molecule has 0 unspecified atom stereocenters. The normalized spacial score (nSPS) is 23.2. The standard InChI is InChI=1S/C19H24N2O4/c1-2-24-18(22)15-7-9-19(23,10-8-15)14-25-17-6-3-5-16(13-17)21-12-4-11-20-21/h3-6,11-13,15,23H,2,7-10,14H2,1H3. The van der Waals surface area contributed by atoms with Crippen molar-refractivity contribution in [3.63, 3.8) is 0 Å². The van der Waals surface area contributed by atoms with Crippen molar-refractivity contribution < 1.29 is 19.4 Å². The van der Waals surface area contributed by atoms with E-state index < -0.39 is 5.60 Å². The van der Waals surface area contributed by atoms with E-state index in [0.717, 1.165) is 5.69 Å². The number of ether oxygens (including phenoxy) is 2. The molecular weight excluding hydrogens is 320 g/mol. The Labute approximate surface area is 147 Å². The van der Waals surface area contributed by atoms with Gasteiger partial charge in [-0.2, -0.15) is 5.10 Å². The summed E-state index contributed by atoms with van der Waals surface area (Å²) in [5, 5.41) is 14.9. The van der Waals surface area contributed by atoms with Crippen molar-refractivity contribution in [3.8, 4) is 11.4 Å². The lowest BCUT2D eigenvalue weighted by molar-refractivity contribution is -0.151. The first kappa shape index (κ1) is 17.5. The Kier molecular flexibility index (Phi) is 5.38. The molecule has 1 fully saturated rings. The molecule has 1 N–H and O–H groups in total. The van der Waals surface area contributed by atoms with Crippen molar-refractivity contribution in [3.05, 3.63) is 42.7 Å². The van der Waals surface area contributed by atoms with Gasteiger partial charge in [0.05, 0.1) is 23.8 Å². The largest absolute Gasteiger partial charge is 0.491 e. The summed E-state index contributed by atoms with van der Waals surface area (Å²) in [7, 11) is 0. The van der Waals surface area contributed by atoms with Crippen LogP contribution in [0.5, 0.6) is 5.75 Å². The van der Waals surface area contributed by atoms with Crippen LogP contribution in [0.2, 0.25) is 0 Å². The second-order valence-electron chi connectivity index (χ2n) is 6.49. The molecule has 0 spiro atoms. The average Bonchev–Trinajstić information content (AvgIpc) is 3.16. The fourth-order valence-corrected chi connectivity index (χ4v) is 3.15. The average molecular weight is 344 g/mol. The van der Waals surface area contributed by atoms with Crippen LogP contribution in [0.3, 0.4) is 0 Å². The van der Waals surface area contributed by atoms with E-state index in [4.69, 9.17) is 9.47 Å². The number of rotatable bonds is 6.